The van der Waals surface area contributed by atoms with E-state index >= 15 is 0 Å². The maximum atomic E-state index is 9.36. The zero-order valence-electron chi connectivity index (χ0n) is 14.3. The van der Waals surface area contributed by atoms with Gasteiger partial charge in [0.05, 0.1) is 0 Å². The lowest BCUT2D eigenvalue weighted by Crippen LogP contribution is -2.50. The van der Waals surface area contributed by atoms with E-state index in [1.165, 1.54) is 50.8 Å². The van der Waals surface area contributed by atoms with Crippen molar-refractivity contribution in [3.63, 3.8) is 0 Å². The van der Waals surface area contributed by atoms with E-state index in [1.54, 1.807) is 0 Å². The average molecular weight is 316 g/mol. The normalized spacial score (nSPS) is 26.4. The Morgan fingerprint density at radius 3 is 2.52 bits per heavy atom. The number of hydrogen-bond acceptors (Lipinski definition) is 3. The van der Waals surface area contributed by atoms with Gasteiger partial charge in [0.2, 0.25) is 0 Å². The van der Waals surface area contributed by atoms with Crippen LogP contribution < -0.4 is 10.2 Å². The topological polar surface area (TPSA) is 35.5 Å². The van der Waals surface area contributed by atoms with Gasteiger partial charge in [0.15, 0.2) is 0 Å². The molecule has 1 saturated carbocycles. The Kier molecular flexibility index (Phi) is 6.35. The first-order chi connectivity index (χ1) is 11.3. The van der Waals surface area contributed by atoms with Gasteiger partial charge < -0.3 is 15.3 Å². The molecule has 2 aliphatic rings. The van der Waals surface area contributed by atoms with Gasteiger partial charge >= 0.3 is 0 Å². The second kappa shape index (κ2) is 8.70. The Bertz CT molecular complexity index is 444. The standard InChI is InChI=1S/C20H32N2O/c23-12-11-18-13-19(21-14-17-7-3-1-4-8-17)16-22(15-18)20-9-5-2-6-10-20/h2,5-6,9-10,17-19,21,23H,1,3-4,7-8,11-16H2. The summed E-state index contributed by atoms with van der Waals surface area (Å²) in [7, 11) is 0. The second-order valence-corrected chi connectivity index (χ2v) is 7.46. The summed E-state index contributed by atoms with van der Waals surface area (Å²) in [6, 6.07) is 11.3. The van der Waals surface area contributed by atoms with Crippen molar-refractivity contribution in [2.24, 2.45) is 11.8 Å². The third kappa shape index (κ3) is 4.95. The molecule has 2 atom stereocenters. The fourth-order valence-electron chi connectivity index (χ4n) is 4.32. The molecule has 3 heteroatoms. The van der Waals surface area contributed by atoms with Gasteiger partial charge in [-0.25, -0.2) is 0 Å². The van der Waals surface area contributed by atoms with E-state index in [2.05, 4.69) is 40.5 Å². The average Bonchev–Trinajstić information content (AvgIpc) is 2.62. The van der Waals surface area contributed by atoms with Crippen LogP contribution in [0.1, 0.15) is 44.9 Å². The number of aliphatic hydroxyl groups excluding tert-OH is 1. The molecule has 2 N–H and O–H groups in total. The molecular weight excluding hydrogens is 284 g/mol. The molecule has 1 aliphatic carbocycles. The lowest BCUT2D eigenvalue weighted by molar-refractivity contribution is 0.225. The zero-order valence-corrected chi connectivity index (χ0v) is 14.3. The van der Waals surface area contributed by atoms with E-state index in [9.17, 15) is 5.11 Å². The smallest absolute Gasteiger partial charge is 0.0434 e. The van der Waals surface area contributed by atoms with Crippen molar-refractivity contribution in [1.29, 1.82) is 0 Å². The second-order valence-electron chi connectivity index (χ2n) is 7.46. The monoisotopic (exact) mass is 316 g/mol. The molecule has 1 aromatic rings. The van der Waals surface area contributed by atoms with Gasteiger partial charge in [0.25, 0.3) is 0 Å². The van der Waals surface area contributed by atoms with Gasteiger partial charge in [-0.15, -0.1) is 0 Å². The predicted octanol–water partition coefficient (Wildman–Crippen LogP) is 3.43. The van der Waals surface area contributed by atoms with Gasteiger partial charge in [0.1, 0.15) is 0 Å². The summed E-state index contributed by atoms with van der Waals surface area (Å²) in [6.45, 7) is 3.66. The van der Waals surface area contributed by atoms with Crippen LogP contribution >= 0.6 is 0 Å². The van der Waals surface area contributed by atoms with Crippen LogP contribution in [0, 0.1) is 11.8 Å². The summed E-state index contributed by atoms with van der Waals surface area (Å²) >= 11 is 0. The van der Waals surface area contributed by atoms with Crippen LogP contribution in [0.25, 0.3) is 0 Å². The molecule has 1 saturated heterocycles. The van der Waals surface area contributed by atoms with E-state index in [1.807, 2.05) is 0 Å². The highest BCUT2D eigenvalue weighted by atomic mass is 16.3. The molecule has 0 bridgehead atoms. The maximum absolute atomic E-state index is 9.36. The predicted molar refractivity (Wildman–Crippen MR) is 96.8 cm³/mol. The van der Waals surface area contributed by atoms with Crippen molar-refractivity contribution >= 4 is 5.69 Å². The first kappa shape index (κ1) is 16.8. The van der Waals surface area contributed by atoms with Crippen molar-refractivity contribution in [3.8, 4) is 0 Å². The van der Waals surface area contributed by atoms with Gasteiger partial charge in [0, 0.05) is 31.4 Å². The number of para-hydroxylation sites is 1. The molecule has 1 aromatic carbocycles. The molecular formula is C20H32N2O. The van der Waals surface area contributed by atoms with Gasteiger partial charge in [-0.3, -0.25) is 0 Å². The van der Waals surface area contributed by atoms with Crippen LogP contribution in [0.3, 0.4) is 0 Å². The van der Waals surface area contributed by atoms with Gasteiger partial charge in [-0.1, -0.05) is 37.5 Å². The minimum absolute atomic E-state index is 0.308. The van der Waals surface area contributed by atoms with Crippen LogP contribution in [0.15, 0.2) is 30.3 Å². The van der Waals surface area contributed by atoms with Crippen molar-refractivity contribution in [3.05, 3.63) is 30.3 Å². The van der Waals surface area contributed by atoms with Crippen molar-refractivity contribution in [2.75, 3.05) is 31.1 Å². The highest BCUT2D eigenvalue weighted by Crippen LogP contribution is 2.26. The Balaban J connectivity index is 1.57. The molecule has 2 fully saturated rings. The lowest BCUT2D eigenvalue weighted by atomic mass is 9.88. The molecule has 23 heavy (non-hydrogen) atoms. The molecule has 0 aromatic heterocycles. The third-order valence-corrected chi connectivity index (χ3v) is 5.62. The largest absolute Gasteiger partial charge is 0.396 e. The van der Waals surface area contributed by atoms with E-state index in [0.29, 0.717) is 18.6 Å². The van der Waals surface area contributed by atoms with Crippen molar-refractivity contribution in [1.82, 2.24) is 5.32 Å². The number of nitrogens with one attached hydrogen (secondary N) is 1. The Labute approximate surface area is 141 Å². The van der Waals surface area contributed by atoms with Crippen LogP contribution in [0.5, 0.6) is 0 Å². The number of rotatable bonds is 6. The highest BCUT2D eigenvalue weighted by Gasteiger charge is 2.27. The Morgan fingerprint density at radius 2 is 1.78 bits per heavy atom. The summed E-state index contributed by atoms with van der Waals surface area (Å²) in [5.41, 5.74) is 1.32. The van der Waals surface area contributed by atoms with E-state index in [-0.39, 0.29) is 0 Å². The number of anilines is 1. The molecule has 0 amide bonds. The van der Waals surface area contributed by atoms with Crippen LogP contribution in [-0.4, -0.2) is 37.4 Å². The fourth-order valence-corrected chi connectivity index (χ4v) is 4.32. The first-order valence-electron chi connectivity index (χ1n) is 9.49. The SMILES string of the molecule is OCCC1CC(NCC2CCCCC2)CN(c2ccccc2)C1. The van der Waals surface area contributed by atoms with E-state index in [0.717, 1.165) is 25.4 Å². The zero-order chi connectivity index (χ0) is 15.9. The van der Waals surface area contributed by atoms with Crippen LogP contribution in [0.4, 0.5) is 5.69 Å². The summed E-state index contributed by atoms with van der Waals surface area (Å²) in [4.78, 5) is 2.50. The summed E-state index contributed by atoms with van der Waals surface area (Å²) in [5.74, 6) is 1.48. The van der Waals surface area contributed by atoms with Crippen LogP contribution in [-0.2, 0) is 0 Å². The number of nitrogens with zero attached hydrogens (tertiary/aromatic N) is 1. The molecule has 3 rings (SSSR count). The molecule has 128 valence electrons. The molecule has 1 aliphatic heterocycles. The summed E-state index contributed by atoms with van der Waals surface area (Å²) < 4.78 is 0. The number of hydrogen-bond donors (Lipinski definition) is 2. The minimum Gasteiger partial charge on any atom is -0.396 e. The Hall–Kier alpha value is -1.06. The minimum atomic E-state index is 0.308. The van der Waals surface area contributed by atoms with Gasteiger partial charge in [-0.2, -0.15) is 0 Å². The third-order valence-electron chi connectivity index (χ3n) is 5.62. The number of aliphatic hydroxyl groups is 1. The fraction of sp³-hybridized carbons (Fsp3) is 0.700. The molecule has 1 heterocycles. The quantitative estimate of drug-likeness (QED) is 0.844. The van der Waals surface area contributed by atoms with Gasteiger partial charge in [-0.05, 0) is 56.2 Å². The van der Waals surface area contributed by atoms with Crippen LogP contribution in [0.2, 0.25) is 0 Å². The molecule has 0 spiro atoms. The summed E-state index contributed by atoms with van der Waals surface area (Å²) in [5, 5.41) is 13.2. The van der Waals surface area contributed by atoms with Crippen molar-refractivity contribution < 1.29 is 5.11 Å². The van der Waals surface area contributed by atoms with E-state index < -0.39 is 0 Å². The first-order valence-corrected chi connectivity index (χ1v) is 9.49. The number of piperidine rings is 1. The molecule has 3 nitrogen and oxygen atoms in total. The Morgan fingerprint density at radius 1 is 1.00 bits per heavy atom. The highest BCUT2D eigenvalue weighted by molar-refractivity contribution is 5.46. The molecule has 2 unspecified atom stereocenters. The molecule has 0 radical (unpaired) electrons. The van der Waals surface area contributed by atoms with Crippen molar-refractivity contribution in [2.45, 2.75) is 51.0 Å². The lowest BCUT2D eigenvalue weighted by Gasteiger charge is -2.40. The number of benzene rings is 1. The van der Waals surface area contributed by atoms with E-state index in [4.69, 9.17) is 0 Å². The summed E-state index contributed by atoms with van der Waals surface area (Å²) in [6.07, 6.45) is 9.20. The maximum Gasteiger partial charge on any atom is 0.0434 e.